The third kappa shape index (κ3) is 19.2. The predicted octanol–water partition coefficient (Wildman–Crippen LogP) is 13.7. The molecule has 20 heteroatoms. The number of rotatable bonds is 38. The van der Waals surface area contributed by atoms with Gasteiger partial charge in [-0.2, -0.15) is 0 Å². The summed E-state index contributed by atoms with van der Waals surface area (Å²) in [5, 5.41) is 4.53. The number of imidazole rings is 1. The minimum Gasteiger partial charge on any atom is -0.461 e. The second-order valence-corrected chi connectivity index (χ2v) is 25.8. The number of carbonyl (C=O) groups excluding carboxylic acids is 7. The molecule has 0 spiro atoms. The van der Waals surface area contributed by atoms with Crippen LogP contribution < -0.4 is 0 Å². The number of benzene rings is 4. The van der Waals surface area contributed by atoms with E-state index in [1.54, 1.807) is 27.7 Å². The number of aromatic nitrogens is 6. The Bertz CT molecular complexity index is 3680. The van der Waals surface area contributed by atoms with Crippen molar-refractivity contribution in [1.82, 2.24) is 32.7 Å². The number of esters is 6. The molecule has 4 unspecified atom stereocenters. The number of carbonyl (C=O) groups is 7. The Labute approximate surface area is 574 Å². The van der Waals surface area contributed by atoms with Gasteiger partial charge < -0.3 is 51.6 Å². The van der Waals surface area contributed by atoms with E-state index in [-0.39, 0.29) is 65.2 Å². The van der Waals surface area contributed by atoms with Crippen molar-refractivity contribution in [2.75, 3.05) is 39.5 Å². The van der Waals surface area contributed by atoms with Crippen molar-refractivity contribution in [3.63, 3.8) is 0 Å². The van der Waals surface area contributed by atoms with Crippen LogP contribution in [-0.2, 0) is 109 Å². The highest BCUT2D eigenvalue weighted by atomic mass is 16.6. The Kier molecular flexibility index (Phi) is 26.5. The Balaban J connectivity index is 0.798. The van der Waals surface area contributed by atoms with Gasteiger partial charge in [0.1, 0.15) is 32.8 Å². The fourth-order valence-electron chi connectivity index (χ4n) is 12.8. The second kappa shape index (κ2) is 35.7. The highest BCUT2D eigenvalue weighted by molar-refractivity contribution is 5.87. The largest absolute Gasteiger partial charge is 0.461 e. The van der Waals surface area contributed by atoms with Crippen LogP contribution in [0.2, 0.25) is 0 Å². The molecule has 20 nitrogen and oxygen atoms in total. The highest BCUT2D eigenvalue weighted by Crippen LogP contribution is 2.29. The average molecular weight is 1340 g/mol. The maximum Gasteiger partial charge on any atom is 0.329 e. The molecule has 0 aliphatic rings. The Hall–Kier alpha value is -9.46. The summed E-state index contributed by atoms with van der Waals surface area (Å²) in [5.41, 5.74) is 9.03. The normalized spacial score (nSPS) is 13.4. The zero-order valence-electron chi connectivity index (χ0n) is 58.2. The van der Waals surface area contributed by atoms with E-state index >= 15 is 0 Å². The average Bonchev–Trinajstić information content (AvgIpc) is 1.69. The molecule has 0 saturated heterocycles. The summed E-state index contributed by atoms with van der Waals surface area (Å²) < 4.78 is 45.1. The van der Waals surface area contributed by atoms with Crippen LogP contribution in [0.1, 0.15) is 129 Å². The minimum atomic E-state index is -1.13. The van der Waals surface area contributed by atoms with E-state index < -0.39 is 77.7 Å². The van der Waals surface area contributed by atoms with E-state index in [2.05, 4.69) is 124 Å². The Morgan fingerprint density at radius 3 is 0.969 bits per heavy atom. The van der Waals surface area contributed by atoms with E-state index in [0.29, 0.717) is 51.4 Å². The smallest absolute Gasteiger partial charge is 0.329 e. The molecule has 0 aliphatic heterocycles. The van der Waals surface area contributed by atoms with Crippen LogP contribution in [-0.4, -0.2) is 126 Å². The van der Waals surface area contributed by atoms with Gasteiger partial charge in [-0.15, -0.1) is 0 Å². The molecule has 9 aromatic rings. The van der Waals surface area contributed by atoms with E-state index in [4.69, 9.17) is 28.4 Å². The first-order valence-corrected chi connectivity index (χ1v) is 35.1. The fourth-order valence-corrected chi connectivity index (χ4v) is 12.8. The molecule has 5 aromatic heterocycles. The number of fused-ring (bicyclic) bond motifs is 4. The molecule has 522 valence electrons. The molecule has 0 fully saturated rings. The Morgan fingerprint density at radius 2 is 0.704 bits per heavy atom. The van der Waals surface area contributed by atoms with Crippen molar-refractivity contribution in [2.24, 2.45) is 23.7 Å². The lowest BCUT2D eigenvalue weighted by Crippen LogP contribution is -2.37. The van der Waals surface area contributed by atoms with Crippen molar-refractivity contribution < 1.29 is 62.0 Å². The summed E-state index contributed by atoms with van der Waals surface area (Å²) in [6, 6.07) is 32.2. The van der Waals surface area contributed by atoms with Crippen molar-refractivity contribution in [3.8, 4) is 0 Å². The van der Waals surface area contributed by atoms with Crippen molar-refractivity contribution in [2.45, 2.75) is 171 Å². The van der Waals surface area contributed by atoms with Crippen LogP contribution in [0.5, 0.6) is 0 Å². The molecule has 4 aromatic carbocycles. The molecule has 1 amide bonds. The first kappa shape index (κ1) is 72.8. The summed E-state index contributed by atoms with van der Waals surface area (Å²) in [6.45, 7) is 17.5. The molecule has 0 bridgehead atoms. The van der Waals surface area contributed by atoms with Crippen molar-refractivity contribution in [3.05, 3.63) is 163 Å². The molecule has 0 aliphatic carbocycles. The number of amides is 1. The zero-order valence-corrected chi connectivity index (χ0v) is 58.2. The number of hydrogen-bond donors (Lipinski definition) is 0. The second-order valence-electron chi connectivity index (χ2n) is 25.8. The Morgan fingerprint density at radius 1 is 0.418 bits per heavy atom. The number of nitrogens with zero attached hydrogens (tertiary/aromatic N) is 7. The predicted molar refractivity (Wildman–Crippen MR) is 377 cm³/mol. The lowest BCUT2D eigenvalue weighted by atomic mass is 10.0. The summed E-state index contributed by atoms with van der Waals surface area (Å²) in [5.74, 6) is -5.26. The van der Waals surface area contributed by atoms with Crippen LogP contribution in [0.4, 0.5) is 4.79 Å². The molecule has 9 rings (SSSR count). The lowest BCUT2D eigenvalue weighted by molar-refractivity contribution is -0.169. The topological polar surface area (TPSA) is 216 Å². The SMILES string of the molecule is CCn1cc(CCC(C)C(=O)OCC(COC(=O)C(C)CCc2cn(CC)c3ccccc23)OC(=O)CCCN(CCCC(=O)OC(COC(=O)C(C)CCc2cn(CC)c3ccccc23)COC(=O)C(C)CCc2cn(CC)c3ccccc23)C(=O)n2ccnc2)c2ccccc21. The van der Waals surface area contributed by atoms with Crippen molar-refractivity contribution in [1.29, 1.82) is 0 Å². The summed E-state index contributed by atoms with van der Waals surface area (Å²) in [7, 11) is 0. The van der Waals surface area contributed by atoms with Gasteiger partial charge in [0.25, 0.3) is 0 Å². The van der Waals surface area contributed by atoms with Crippen molar-refractivity contribution >= 4 is 85.5 Å². The molecular weight excluding hydrogens is 1240 g/mol. The van der Waals surface area contributed by atoms with Gasteiger partial charge in [-0.3, -0.25) is 33.3 Å². The minimum absolute atomic E-state index is 0.0604. The molecule has 98 heavy (non-hydrogen) atoms. The van der Waals surface area contributed by atoms with Gasteiger partial charge in [0.05, 0.1) is 23.7 Å². The summed E-state index contributed by atoms with van der Waals surface area (Å²) in [4.78, 5) is 101. The van der Waals surface area contributed by atoms with Gasteiger partial charge in [0, 0.05) is 133 Å². The standard InChI is InChI=1S/C78H97N7O13/c1-9-80-45-58(64-23-13-17-27-68(64)80)37-33-54(5)74(88)93-49-62(50-94-75(89)55(6)34-38-59-46-81(10-2)69-28-18-14-24-65(59)69)97-72(86)31-21-42-84(78(92)85-44-41-79-53-85)43-22-32-73(87)98-63(51-95-76(90)56(7)35-39-60-47-82(11-3)70-29-19-15-25-66(60)70)52-96-77(91)57(8)36-40-61-48-83(12-4)71-30-20-16-26-67(61)71/h13-20,23-30,41,44-48,53-57,62-63H,9-12,21-22,31-40,42-43,49-52H2,1-8H3. The van der Waals surface area contributed by atoms with E-state index in [9.17, 15) is 33.6 Å². The molecule has 0 saturated carbocycles. The number of aryl methyl sites for hydroxylation is 8. The third-order valence-electron chi connectivity index (χ3n) is 18.7. The number of para-hydroxylation sites is 4. The van der Waals surface area contributed by atoms with E-state index in [0.717, 1.165) is 92.0 Å². The maximum atomic E-state index is 13.9. The number of hydrogen-bond acceptors (Lipinski definition) is 14. The van der Waals surface area contributed by atoms with Gasteiger partial charge in [0.2, 0.25) is 0 Å². The highest BCUT2D eigenvalue weighted by Gasteiger charge is 2.28. The molecular formula is C78H97N7O13. The van der Waals surface area contributed by atoms with Gasteiger partial charge in [-0.05, 0) is 138 Å². The monoisotopic (exact) mass is 1340 g/mol. The fraction of sp³-hybridized carbons (Fsp3) is 0.462. The van der Waals surface area contributed by atoms with Gasteiger partial charge >= 0.3 is 41.8 Å². The quantitative estimate of drug-likeness (QED) is 0.0260. The van der Waals surface area contributed by atoms with Crippen LogP contribution in [0.3, 0.4) is 0 Å². The third-order valence-corrected chi connectivity index (χ3v) is 18.7. The van der Waals surface area contributed by atoms with Gasteiger partial charge in [0.15, 0.2) is 12.2 Å². The maximum absolute atomic E-state index is 13.9. The van der Waals surface area contributed by atoms with Crippen LogP contribution in [0.25, 0.3) is 43.6 Å². The van der Waals surface area contributed by atoms with E-state index in [1.165, 1.54) is 28.2 Å². The van der Waals surface area contributed by atoms with Gasteiger partial charge in [-0.25, -0.2) is 9.78 Å². The summed E-state index contributed by atoms with van der Waals surface area (Å²) in [6.07, 6.45) is 15.1. The van der Waals surface area contributed by atoms with Crippen LogP contribution in [0.15, 0.2) is 141 Å². The van der Waals surface area contributed by atoms with Crippen LogP contribution >= 0.6 is 0 Å². The molecule has 0 radical (unpaired) electrons. The molecule has 4 atom stereocenters. The van der Waals surface area contributed by atoms with Crippen LogP contribution in [0, 0.1) is 23.7 Å². The first-order chi connectivity index (χ1) is 47.5. The molecule has 5 heterocycles. The first-order valence-electron chi connectivity index (χ1n) is 35.1. The summed E-state index contributed by atoms with van der Waals surface area (Å²) >= 11 is 0. The van der Waals surface area contributed by atoms with E-state index in [1.807, 2.05) is 48.5 Å². The van der Waals surface area contributed by atoms with Gasteiger partial charge in [-0.1, -0.05) is 100 Å². The zero-order chi connectivity index (χ0) is 69.7. The molecule has 0 N–H and O–H groups in total. The lowest BCUT2D eigenvalue weighted by Gasteiger charge is -2.23. The number of ether oxygens (including phenoxy) is 6.